The fourth-order valence-corrected chi connectivity index (χ4v) is 2.47. The number of esters is 1. The third kappa shape index (κ3) is 4.40. The summed E-state index contributed by atoms with van der Waals surface area (Å²) in [5.41, 5.74) is 0.715. The number of ether oxygens (including phenoxy) is 2. The lowest BCUT2D eigenvalue weighted by molar-refractivity contribution is -0.141. The summed E-state index contributed by atoms with van der Waals surface area (Å²) in [4.78, 5) is 25.0. The van der Waals surface area contributed by atoms with Crippen LogP contribution >= 0.6 is 20.7 Å². The molecule has 0 aliphatic heterocycles. The van der Waals surface area contributed by atoms with Gasteiger partial charge >= 0.3 is 15.1 Å². The quantitative estimate of drug-likeness (QED) is 0.349. The smallest absolute Gasteiger partial charge is 0.321 e. The van der Waals surface area contributed by atoms with Crippen molar-refractivity contribution < 1.29 is 23.6 Å². The highest BCUT2D eigenvalue weighted by molar-refractivity contribution is 7.00. The predicted octanol–water partition coefficient (Wildman–Crippen LogP) is 3.70. The molecule has 0 aliphatic carbocycles. The minimum Gasteiger partial charge on any atom is -0.496 e. The second-order valence-electron chi connectivity index (χ2n) is 4.55. The van der Waals surface area contributed by atoms with Crippen molar-refractivity contribution in [3.63, 3.8) is 0 Å². The molecule has 2 rings (SSSR count). The van der Waals surface area contributed by atoms with Crippen molar-refractivity contribution in [3.8, 4) is 5.75 Å². The molecule has 24 heavy (non-hydrogen) atoms. The Kier molecular flexibility index (Phi) is 8.10. The van der Waals surface area contributed by atoms with Gasteiger partial charge in [-0.3, -0.25) is 9.59 Å². The number of hydrogen-bond acceptors (Lipinski definition) is 5. The number of hydrogen-bond donors (Lipinski definition) is 0. The van der Waals surface area contributed by atoms with Gasteiger partial charge in [-0.05, 0) is 17.7 Å². The van der Waals surface area contributed by atoms with Gasteiger partial charge in [0.25, 0.3) is 0 Å². The molecule has 0 saturated heterocycles. The Morgan fingerprint density at radius 3 is 2.17 bits per heavy atom. The molecule has 0 radical (unpaired) electrons. The highest BCUT2D eigenvalue weighted by Gasteiger charge is 2.33. The van der Waals surface area contributed by atoms with Crippen LogP contribution in [0.2, 0.25) is 5.02 Å². The Labute approximate surface area is 147 Å². The number of ketones is 1. The summed E-state index contributed by atoms with van der Waals surface area (Å²) in [6.07, 6.45) is 0. The molecule has 2 aromatic rings. The van der Waals surface area contributed by atoms with Crippen LogP contribution < -0.4 is 4.74 Å². The van der Waals surface area contributed by atoms with Crippen LogP contribution in [0, 0.1) is 0 Å². The maximum Gasteiger partial charge on any atom is 0.321 e. The van der Waals surface area contributed by atoms with Gasteiger partial charge in [0.15, 0.2) is 5.78 Å². The first-order valence-corrected chi connectivity index (χ1v) is 7.68. The van der Waals surface area contributed by atoms with Crippen molar-refractivity contribution >= 4 is 32.5 Å². The number of halogens is 1. The second-order valence-corrected chi connectivity index (χ2v) is 4.96. The summed E-state index contributed by atoms with van der Waals surface area (Å²) < 4.78 is 18.1. The minimum atomic E-state index is -1.08. The average Bonchev–Trinajstić information content (AvgIpc) is 2.63. The number of benzene rings is 2. The van der Waals surface area contributed by atoms with Gasteiger partial charge in [0, 0.05) is 0 Å². The van der Waals surface area contributed by atoms with E-state index in [1.807, 2.05) is 0 Å². The lowest BCUT2D eigenvalue weighted by Gasteiger charge is -2.16. The van der Waals surface area contributed by atoms with Gasteiger partial charge in [0.1, 0.15) is 11.7 Å². The van der Waals surface area contributed by atoms with Crippen molar-refractivity contribution in [1.29, 1.82) is 0 Å². The number of carbonyl (C=O) groups excluding carboxylic acids is 2. The van der Waals surface area contributed by atoms with E-state index in [1.54, 1.807) is 48.5 Å². The number of methoxy groups -OCH3 is 2. The topological polar surface area (TPSA) is 69.7 Å². The third-order valence-electron chi connectivity index (χ3n) is 3.27. The summed E-state index contributed by atoms with van der Waals surface area (Å²) in [7, 11) is 3.85. The molecule has 0 N–H and O–H groups in total. The van der Waals surface area contributed by atoms with E-state index in [4.69, 9.17) is 25.6 Å². The highest BCUT2D eigenvalue weighted by Crippen LogP contribution is 2.32. The Balaban J connectivity index is 0.00000139. The molecule has 0 saturated carbocycles. The molecule has 0 spiro atoms. The molecule has 0 heterocycles. The van der Waals surface area contributed by atoms with Crippen LogP contribution in [0.1, 0.15) is 21.8 Å². The summed E-state index contributed by atoms with van der Waals surface area (Å²) in [5.74, 6) is -1.86. The maximum atomic E-state index is 12.9. The SMILES string of the molecule is COC(=O)C(C(=O)c1c(Cl)cccc1OC)c1ccccc1.O=[PH2+]. The monoisotopic (exact) mass is 367 g/mol. The predicted molar refractivity (Wildman–Crippen MR) is 93.9 cm³/mol. The Morgan fingerprint density at radius 1 is 1.00 bits per heavy atom. The lowest BCUT2D eigenvalue weighted by atomic mass is 9.90. The van der Waals surface area contributed by atoms with Gasteiger partial charge in [-0.25, -0.2) is 0 Å². The van der Waals surface area contributed by atoms with E-state index in [2.05, 4.69) is 0 Å². The average molecular weight is 368 g/mol. The van der Waals surface area contributed by atoms with Crippen LogP contribution in [-0.4, -0.2) is 26.0 Å². The molecule has 7 heteroatoms. The summed E-state index contributed by atoms with van der Waals surface area (Å²) in [6, 6.07) is 13.6. The van der Waals surface area contributed by atoms with E-state index in [1.165, 1.54) is 23.3 Å². The van der Waals surface area contributed by atoms with E-state index in [9.17, 15) is 9.59 Å². The van der Waals surface area contributed by atoms with Crippen LogP contribution in [0.25, 0.3) is 0 Å². The molecule has 5 nitrogen and oxygen atoms in total. The Bertz CT molecular complexity index is 705. The van der Waals surface area contributed by atoms with Gasteiger partial charge in [-0.15, -0.1) is 0 Å². The number of Topliss-reactive ketones (excluding diaryl/α,β-unsaturated/α-hetero) is 1. The van der Waals surface area contributed by atoms with Crippen molar-refractivity contribution in [2.45, 2.75) is 5.92 Å². The molecule has 0 amide bonds. The maximum absolute atomic E-state index is 12.9. The molecule has 0 aromatic heterocycles. The van der Waals surface area contributed by atoms with Crippen LogP contribution in [0.4, 0.5) is 0 Å². The van der Waals surface area contributed by atoms with Gasteiger partial charge < -0.3 is 9.47 Å². The summed E-state index contributed by atoms with van der Waals surface area (Å²) >= 11 is 6.13. The molecular weight excluding hydrogens is 351 g/mol. The molecule has 2 unspecified atom stereocenters. The highest BCUT2D eigenvalue weighted by atomic mass is 35.5. The van der Waals surface area contributed by atoms with E-state index in [-0.39, 0.29) is 10.6 Å². The van der Waals surface area contributed by atoms with E-state index < -0.39 is 17.7 Å². The Morgan fingerprint density at radius 2 is 1.62 bits per heavy atom. The first kappa shape index (κ1) is 19.8. The third-order valence-corrected chi connectivity index (χ3v) is 3.59. The number of carbonyl (C=O) groups is 2. The van der Waals surface area contributed by atoms with Crippen molar-refractivity contribution in [2.75, 3.05) is 14.2 Å². The van der Waals surface area contributed by atoms with Crippen LogP contribution in [0.5, 0.6) is 5.75 Å². The lowest BCUT2D eigenvalue weighted by Crippen LogP contribution is -2.24. The van der Waals surface area contributed by atoms with Crippen LogP contribution in [0.3, 0.4) is 0 Å². The van der Waals surface area contributed by atoms with E-state index >= 15 is 0 Å². The molecule has 0 bridgehead atoms. The second kappa shape index (κ2) is 9.81. The van der Waals surface area contributed by atoms with E-state index in [0.717, 1.165) is 0 Å². The van der Waals surface area contributed by atoms with Crippen molar-refractivity contribution in [2.24, 2.45) is 0 Å². The van der Waals surface area contributed by atoms with Crippen LogP contribution in [-0.2, 0) is 14.1 Å². The summed E-state index contributed by atoms with van der Waals surface area (Å²) in [6.45, 7) is 0. The molecule has 2 aromatic carbocycles. The normalized spacial score (nSPS) is 10.8. The van der Waals surface area contributed by atoms with Gasteiger partial charge in [0.05, 0.1) is 24.8 Å². The zero-order valence-corrected chi connectivity index (χ0v) is 15.1. The minimum absolute atomic E-state index is 0.172. The standard InChI is InChI=1S/C17H15ClO4.H2OP/c1-21-13-10-6-9-12(18)15(13)16(19)14(17(20)22-2)11-7-4-3-5-8-11;1-2/h3-10,14H,1-2H3;2H2/q;+1. The van der Waals surface area contributed by atoms with Crippen molar-refractivity contribution in [3.05, 3.63) is 64.7 Å². The fraction of sp³-hybridized carbons (Fsp3) is 0.176. The molecule has 126 valence electrons. The van der Waals surface area contributed by atoms with Crippen molar-refractivity contribution in [1.82, 2.24) is 0 Å². The molecule has 0 aliphatic rings. The zero-order chi connectivity index (χ0) is 18.1. The van der Waals surface area contributed by atoms with Gasteiger partial charge in [0.2, 0.25) is 0 Å². The molecule has 2 atom stereocenters. The summed E-state index contributed by atoms with van der Waals surface area (Å²) in [5, 5.41) is 0.231. The largest absolute Gasteiger partial charge is 0.496 e. The molecule has 0 fully saturated rings. The van der Waals surface area contributed by atoms with Gasteiger partial charge in [-0.1, -0.05) is 52.6 Å². The first-order valence-electron chi connectivity index (χ1n) is 6.83. The van der Waals surface area contributed by atoms with Gasteiger partial charge in [-0.2, -0.15) is 0 Å². The van der Waals surface area contributed by atoms with E-state index in [0.29, 0.717) is 11.3 Å². The zero-order valence-electron chi connectivity index (χ0n) is 13.2. The molecular formula is C17H17ClO5P+. The first-order chi connectivity index (χ1) is 11.6. The number of rotatable bonds is 5. The van der Waals surface area contributed by atoms with Crippen LogP contribution in [0.15, 0.2) is 48.5 Å². The fourth-order valence-electron chi connectivity index (χ4n) is 2.22. The Hall–Kier alpha value is -2.23.